The molecular formula is C24H23F6N5O4. The van der Waals surface area contributed by atoms with Gasteiger partial charge in [0.05, 0.1) is 11.9 Å². The molecule has 3 N–H and O–H groups in total. The number of benzene rings is 1. The number of carboxylic acid groups (broad SMARTS) is 1. The van der Waals surface area contributed by atoms with Crippen LogP contribution in [0.3, 0.4) is 0 Å². The van der Waals surface area contributed by atoms with Gasteiger partial charge in [-0.15, -0.1) is 0 Å². The van der Waals surface area contributed by atoms with Gasteiger partial charge in [0.2, 0.25) is 11.7 Å². The molecule has 1 aliphatic heterocycles. The number of hydrogen-bond acceptors (Lipinski definition) is 7. The Kier molecular flexibility index (Phi) is 9.16. The van der Waals surface area contributed by atoms with E-state index in [4.69, 9.17) is 14.3 Å². The summed E-state index contributed by atoms with van der Waals surface area (Å²) in [6.07, 6.45) is -6.54. The minimum Gasteiger partial charge on any atom is -0.475 e. The normalized spacial score (nSPS) is 14.4. The zero-order chi connectivity index (χ0) is 28.8. The highest BCUT2D eigenvalue weighted by molar-refractivity contribution is 6.04. The fourth-order valence-electron chi connectivity index (χ4n) is 3.60. The van der Waals surface area contributed by atoms with Gasteiger partial charge in [-0.25, -0.2) is 14.8 Å². The predicted octanol–water partition coefficient (Wildman–Crippen LogP) is 4.83. The number of oxazole rings is 1. The summed E-state index contributed by atoms with van der Waals surface area (Å²) < 4.78 is 77.0. The third-order valence-electron chi connectivity index (χ3n) is 5.60. The van der Waals surface area contributed by atoms with Gasteiger partial charge in [-0.1, -0.05) is 18.2 Å². The average molecular weight is 559 g/mol. The zero-order valence-electron chi connectivity index (χ0n) is 20.3. The number of pyridine rings is 1. The first-order chi connectivity index (χ1) is 18.3. The van der Waals surface area contributed by atoms with Crippen LogP contribution in [0.1, 0.15) is 29.1 Å². The highest BCUT2D eigenvalue weighted by atomic mass is 19.4. The number of aromatic nitrogens is 2. The Bertz CT molecular complexity index is 1250. The highest BCUT2D eigenvalue weighted by Crippen LogP contribution is 2.35. The molecule has 1 amide bonds. The topological polar surface area (TPSA) is 121 Å². The third-order valence-corrected chi connectivity index (χ3v) is 5.60. The van der Waals surface area contributed by atoms with Crippen molar-refractivity contribution >= 4 is 23.4 Å². The largest absolute Gasteiger partial charge is 0.490 e. The number of carbonyl (C=O) groups is 2. The molecule has 210 valence electrons. The smallest absolute Gasteiger partial charge is 0.475 e. The van der Waals surface area contributed by atoms with Gasteiger partial charge >= 0.3 is 18.3 Å². The fourth-order valence-corrected chi connectivity index (χ4v) is 3.60. The summed E-state index contributed by atoms with van der Waals surface area (Å²) in [5, 5.41) is 12.8. The van der Waals surface area contributed by atoms with E-state index in [0.717, 1.165) is 31.7 Å². The molecule has 0 radical (unpaired) electrons. The molecule has 0 bridgehead atoms. The minimum absolute atomic E-state index is 0.265. The molecule has 2 aromatic heterocycles. The lowest BCUT2D eigenvalue weighted by atomic mass is 10.1. The molecule has 0 atom stereocenters. The first-order valence-electron chi connectivity index (χ1n) is 11.4. The van der Waals surface area contributed by atoms with Crippen LogP contribution in [0.4, 0.5) is 37.8 Å². The Morgan fingerprint density at radius 3 is 2.13 bits per heavy atom. The van der Waals surface area contributed by atoms with Crippen molar-refractivity contribution in [3.63, 3.8) is 0 Å². The Hall–Kier alpha value is -4.14. The van der Waals surface area contributed by atoms with Crippen LogP contribution in [0.25, 0.3) is 11.5 Å². The van der Waals surface area contributed by atoms with E-state index in [1.165, 1.54) is 6.20 Å². The number of halogens is 6. The van der Waals surface area contributed by atoms with Crippen LogP contribution in [0.2, 0.25) is 0 Å². The quantitative estimate of drug-likeness (QED) is 0.381. The lowest BCUT2D eigenvalue weighted by Gasteiger charge is -2.32. The first kappa shape index (κ1) is 29.4. The van der Waals surface area contributed by atoms with E-state index in [1.54, 1.807) is 42.5 Å². The fraction of sp³-hybridized carbons (Fsp3) is 0.333. The van der Waals surface area contributed by atoms with Crippen LogP contribution >= 0.6 is 0 Å². The summed E-state index contributed by atoms with van der Waals surface area (Å²) in [6, 6.07) is 11.9. The van der Waals surface area contributed by atoms with Crippen LogP contribution in [0.5, 0.6) is 0 Å². The number of rotatable bonds is 5. The summed E-state index contributed by atoms with van der Waals surface area (Å²) >= 11 is 0. The molecule has 0 saturated carbocycles. The van der Waals surface area contributed by atoms with Crippen molar-refractivity contribution in [3.05, 3.63) is 60.1 Å². The molecule has 1 aromatic carbocycles. The molecule has 0 spiro atoms. The summed E-state index contributed by atoms with van der Waals surface area (Å²) in [6.45, 7) is 1.70. The maximum absolute atomic E-state index is 13.5. The van der Waals surface area contributed by atoms with Crippen LogP contribution in [-0.2, 0) is 11.0 Å². The van der Waals surface area contributed by atoms with Crippen LogP contribution in [0.15, 0.2) is 53.1 Å². The van der Waals surface area contributed by atoms with Gasteiger partial charge in [0.15, 0.2) is 5.69 Å². The lowest BCUT2D eigenvalue weighted by molar-refractivity contribution is -0.192. The van der Waals surface area contributed by atoms with E-state index >= 15 is 0 Å². The van der Waals surface area contributed by atoms with Crippen molar-refractivity contribution in [3.8, 4) is 11.5 Å². The van der Waals surface area contributed by atoms with Crippen molar-refractivity contribution < 1.29 is 45.5 Å². The zero-order valence-corrected chi connectivity index (χ0v) is 20.3. The van der Waals surface area contributed by atoms with E-state index in [2.05, 4.69) is 25.5 Å². The summed E-state index contributed by atoms with van der Waals surface area (Å²) in [5.41, 5.74) is -0.221. The maximum atomic E-state index is 13.5. The Morgan fingerprint density at radius 2 is 1.64 bits per heavy atom. The lowest BCUT2D eigenvalue weighted by Crippen LogP contribution is -2.41. The number of piperidine rings is 1. The van der Waals surface area contributed by atoms with E-state index in [9.17, 15) is 31.1 Å². The molecule has 3 aromatic rings. The molecule has 3 heterocycles. The third kappa shape index (κ3) is 7.92. The number of amides is 1. The Morgan fingerprint density at radius 1 is 1.03 bits per heavy atom. The molecule has 1 saturated heterocycles. The van der Waals surface area contributed by atoms with E-state index < -0.39 is 35.7 Å². The molecule has 1 aliphatic rings. The van der Waals surface area contributed by atoms with E-state index in [0.29, 0.717) is 11.6 Å². The number of hydrogen-bond donors (Lipinski definition) is 3. The second-order valence-corrected chi connectivity index (χ2v) is 8.27. The summed E-state index contributed by atoms with van der Waals surface area (Å²) in [7, 11) is 1.94. The van der Waals surface area contributed by atoms with Gasteiger partial charge < -0.3 is 25.1 Å². The number of alkyl halides is 6. The second-order valence-electron chi connectivity index (χ2n) is 8.27. The summed E-state index contributed by atoms with van der Waals surface area (Å²) in [4.78, 5) is 31.8. The maximum Gasteiger partial charge on any atom is 0.490 e. The van der Waals surface area contributed by atoms with Crippen molar-refractivity contribution in [2.45, 2.75) is 31.2 Å². The van der Waals surface area contributed by atoms with Gasteiger partial charge in [-0.3, -0.25) is 4.79 Å². The number of carboxylic acids is 1. The Labute approximate surface area is 217 Å². The predicted molar refractivity (Wildman–Crippen MR) is 127 cm³/mol. The molecule has 0 unspecified atom stereocenters. The monoisotopic (exact) mass is 559 g/mol. The van der Waals surface area contributed by atoms with Crippen molar-refractivity contribution in [1.82, 2.24) is 15.3 Å². The van der Waals surface area contributed by atoms with Gasteiger partial charge in [-0.05, 0) is 44.2 Å². The van der Waals surface area contributed by atoms with Crippen molar-refractivity contribution in [1.29, 1.82) is 0 Å². The van der Waals surface area contributed by atoms with Crippen molar-refractivity contribution in [2.75, 3.05) is 30.4 Å². The number of aliphatic carboxylic acids is 1. The van der Waals surface area contributed by atoms with Gasteiger partial charge in [0.25, 0.3) is 5.91 Å². The SMILES string of the molecule is CNC1CCN(c2ccc(NC(=O)c3nc(-c4ccccc4)oc3C(F)(F)F)cn2)CC1.O=C(O)C(F)(F)F. The molecule has 9 nitrogen and oxygen atoms in total. The van der Waals surface area contributed by atoms with Crippen LogP contribution in [-0.4, -0.2) is 59.3 Å². The number of carbonyl (C=O) groups excluding carboxylic acids is 1. The van der Waals surface area contributed by atoms with Crippen LogP contribution in [0, 0.1) is 0 Å². The van der Waals surface area contributed by atoms with Crippen LogP contribution < -0.4 is 15.5 Å². The van der Waals surface area contributed by atoms with Gasteiger partial charge in [0, 0.05) is 24.7 Å². The molecule has 15 heteroatoms. The van der Waals surface area contributed by atoms with E-state index in [1.807, 2.05) is 7.05 Å². The number of anilines is 2. The van der Waals surface area contributed by atoms with Gasteiger partial charge in [0.1, 0.15) is 5.82 Å². The number of nitrogens with zero attached hydrogens (tertiary/aromatic N) is 3. The standard InChI is InChI=1S/C22H22F3N5O2.C2HF3O2/c1-26-15-9-11-30(12-10-15)17-8-7-16(13-27-17)28-20(31)18-19(22(23,24)25)32-21(29-18)14-5-3-2-4-6-14;3-2(4,5)1(6)7/h2-8,13,15,26H,9-12H2,1H3,(H,28,31);(H,6,7). The van der Waals surface area contributed by atoms with Gasteiger partial charge in [-0.2, -0.15) is 26.3 Å². The van der Waals surface area contributed by atoms with E-state index in [-0.39, 0.29) is 11.6 Å². The molecule has 39 heavy (non-hydrogen) atoms. The second kappa shape index (κ2) is 12.1. The highest BCUT2D eigenvalue weighted by Gasteiger charge is 2.42. The molecular weight excluding hydrogens is 536 g/mol. The first-order valence-corrected chi connectivity index (χ1v) is 11.4. The molecule has 4 rings (SSSR count). The van der Waals surface area contributed by atoms with Crippen molar-refractivity contribution in [2.24, 2.45) is 0 Å². The minimum atomic E-state index is -5.08. The average Bonchev–Trinajstić information content (AvgIpc) is 3.36. The summed E-state index contributed by atoms with van der Waals surface area (Å²) in [5.74, 6) is -4.74. The molecule has 0 aliphatic carbocycles. The molecule has 1 fully saturated rings. The number of nitrogens with one attached hydrogen (secondary N) is 2. The Balaban J connectivity index is 0.000000532.